The second-order valence-electron chi connectivity index (χ2n) is 5.87. The van der Waals surface area contributed by atoms with Gasteiger partial charge in [0.25, 0.3) is 0 Å². The lowest BCUT2D eigenvalue weighted by molar-refractivity contribution is -0.188. The second-order valence-corrected chi connectivity index (χ2v) is 6.30. The van der Waals surface area contributed by atoms with Crippen molar-refractivity contribution in [3.05, 3.63) is 34.9 Å². The number of carbonyl (C=O) groups excluding carboxylic acids is 2. The lowest BCUT2D eigenvalue weighted by atomic mass is 9.95. The van der Waals surface area contributed by atoms with Gasteiger partial charge in [0, 0.05) is 5.02 Å². The predicted octanol–water partition coefficient (Wildman–Crippen LogP) is 2.71. The first kappa shape index (κ1) is 13.4. The van der Waals surface area contributed by atoms with Crippen molar-refractivity contribution >= 4 is 23.5 Å². The standard InChI is InChI=1S/C15H16ClNO3/c1-15(2)12-8-7-11(9-3-5-10(16)6-4-9)17(12)13(18)14(19)20-15/h3-6,11-12H,7-8H2,1-2H3/t11-,12?/m0/s1. The molecule has 2 fully saturated rings. The van der Waals surface area contributed by atoms with Crippen molar-refractivity contribution in [2.75, 3.05) is 0 Å². The summed E-state index contributed by atoms with van der Waals surface area (Å²) in [5.74, 6) is -1.29. The smallest absolute Gasteiger partial charge is 0.397 e. The zero-order valence-electron chi connectivity index (χ0n) is 11.4. The number of ether oxygens (including phenoxy) is 1. The molecule has 0 aliphatic carbocycles. The van der Waals surface area contributed by atoms with E-state index in [1.807, 2.05) is 38.1 Å². The number of nitrogens with zero attached hydrogens (tertiary/aromatic N) is 1. The number of morpholine rings is 1. The third-order valence-corrected chi connectivity index (χ3v) is 4.46. The van der Waals surface area contributed by atoms with Crippen LogP contribution in [0.5, 0.6) is 0 Å². The van der Waals surface area contributed by atoms with Crippen LogP contribution in [0.3, 0.4) is 0 Å². The molecule has 20 heavy (non-hydrogen) atoms. The molecule has 1 amide bonds. The number of carbonyl (C=O) groups is 2. The number of hydrogen-bond donors (Lipinski definition) is 0. The Kier molecular flexibility index (Phi) is 3.01. The van der Waals surface area contributed by atoms with Crippen molar-refractivity contribution in [3.8, 4) is 0 Å². The maximum Gasteiger partial charge on any atom is 0.397 e. The van der Waals surface area contributed by atoms with Gasteiger partial charge in [-0.15, -0.1) is 0 Å². The fraction of sp³-hybridized carbons (Fsp3) is 0.467. The molecule has 2 aliphatic heterocycles. The Morgan fingerprint density at radius 3 is 2.50 bits per heavy atom. The molecule has 2 heterocycles. The number of halogens is 1. The summed E-state index contributed by atoms with van der Waals surface area (Å²) in [4.78, 5) is 25.6. The molecule has 2 aliphatic rings. The summed E-state index contributed by atoms with van der Waals surface area (Å²) in [6.45, 7) is 3.72. The molecule has 0 saturated carbocycles. The molecule has 3 rings (SSSR count). The third-order valence-electron chi connectivity index (χ3n) is 4.21. The molecule has 2 saturated heterocycles. The monoisotopic (exact) mass is 293 g/mol. The minimum Gasteiger partial charge on any atom is -0.450 e. The first-order valence-electron chi connectivity index (χ1n) is 6.71. The highest BCUT2D eigenvalue weighted by atomic mass is 35.5. The normalized spacial score (nSPS) is 28.2. The van der Waals surface area contributed by atoms with E-state index in [2.05, 4.69) is 0 Å². The lowest BCUT2D eigenvalue weighted by Gasteiger charge is -2.43. The molecular formula is C15H16ClNO3. The summed E-state index contributed by atoms with van der Waals surface area (Å²) in [5.41, 5.74) is 0.377. The van der Waals surface area contributed by atoms with E-state index in [0.717, 1.165) is 18.4 Å². The van der Waals surface area contributed by atoms with Crippen LogP contribution >= 0.6 is 11.6 Å². The Hall–Kier alpha value is -1.55. The number of fused-ring (bicyclic) bond motifs is 1. The fourth-order valence-corrected chi connectivity index (χ4v) is 3.37. The number of cyclic esters (lactones) is 1. The molecule has 4 nitrogen and oxygen atoms in total. The molecule has 0 radical (unpaired) electrons. The summed E-state index contributed by atoms with van der Waals surface area (Å²) < 4.78 is 5.25. The molecule has 5 heteroatoms. The minimum atomic E-state index is -0.757. The number of benzene rings is 1. The Morgan fingerprint density at radius 1 is 1.20 bits per heavy atom. The van der Waals surface area contributed by atoms with Crippen LogP contribution in [-0.2, 0) is 14.3 Å². The largest absolute Gasteiger partial charge is 0.450 e. The van der Waals surface area contributed by atoms with E-state index >= 15 is 0 Å². The van der Waals surface area contributed by atoms with Gasteiger partial charge in [-0.05, 0) is 44.4 Å². The van der Waals surface area contributed by atoms with E-state index in [9.17, 15) is 9.59 Å². The van der Waals surface area contributed by atoms with Gasteiger partial charge in [-0.3, -0.25) is 4.79 Å². The number of rotatable bonds is 1. The summed E-state index contributed by atoms with van der Waals surface area (Å²) in [5, 5.41) is 0.660. The molecule has 0 aromatic heterocycles. The fourth-order valence-electron chi connectivity index (χ4n) is 3.24. The van der Waals surface area contributed by atoms with Gasteiger partial charge in [-0.1, -0.05) is 23.7 Å². The van der Waals surface area contributed by atoms with E-state index in [0.29, 0.717) is 5.02 Å². The van der Waals surface area contributed by atoms with Gasteiger partial charge in [0.2, 0.25) is 0 Å². The summed E-state index contributed by atoms with van der Waals surface area (Å²) in [6.07, 6.45) is 1.66. The minimum absolute atomic E-state index is 0.0617. The van der Waals surface area contributed by atoms with E-state index in [4.69, 9.17) is 16.3 Å². The quantitative estimate of drug-likeness (QED) is 0.591. The van der Waals surface area contributed by atoms with Gasteiger partial charge in [0.1, 0.15) is 5.60 Å². The first-order chi connectivity index (χ1) is 9.40. The van der Waals surface area contributed by atoms with Gasteiger partial charge >= 0.3 is 11.9 Å². The van der Waals surface area contributed by atoms with Crippen molar-refractivity contribution in [2.45, 2.75) is 44.4 Å². The molecular weight excluding hydrogens is 278 g/mol. The van der Waals surface area contributed by atoms with Crippen LogP contribution in [0.2, 0.25) is 5.02 Å². The molecule has 106 valence electrons. The Labute approximate surface area is 122 Å². The molecule has 0 N–H and O–H groups in total. The average Bonchev–Trinajstić information content (AvgIpc) is 2.82. The van der Waals surface area contributed by atoms with Crippen LogP contribution in [0.1, 0.15) is 38.3 Å². The maximum absolute atomic E-state index is 12.2. The Morgan fingerprint density at radius 2 is 1.85 bits per heavy atom. The topological polar surface area (TPSA) is 46.6 Å². The summed E-state index contributed by atoms with van der Waals surface area (Å²) >= 11 is 5.90. The van der Waals surface area contributed by atoms with Gasteiger partial charge in [0.15, 0.2) is 0 Å². The molecule has 1 unspecified atom stereocenters. The lowest BCUT2D eigenvalue weighted by Crippen LogP contribution is -2.59. The Balaban J connectivity index is 1.97. The highest BCUT2D eigenvalue weighted by Gasteiger charge is 2.53. The zero-order valence-corrected chi connectivity index (χ0v) is 12.2. The van der Waals surface area contributed by atoms with Crippen molar-refractivity contribution in [1.29, 1.82) is 0 Å². The van der Waals surface area contributed by atoms with Crippen molar-refractivity contribution in [3.63, 3.8) is 0 Å². The van der Waals surface area contributed by atoms with E-state index in [1.54, 1.807) is 4.90 Å². The van der Waals surface area contributed by atoms with E-state index < -0.39 is 17.5 Å². The summed E-state index contributed by atoms with van der Waals surface area (Å²) in [6, 6.07) is 7.31. The van der Waals surface area contributed by atoms with Crippen LogP contribution in [0, 0.1) is 0 Å². The zero-order chi connectivity index (χ0) is 14.5. The van der Waals surface area contributed by atoms with Gasteiger partial charge in [-0.2, -0.15) is 0 Å². The molecule has 2 atom stereocenters. The highest BCUT2D eigenvalue weighted by molar-refractivity contribution is 6.33. The molecule has 1 aromatic carbocycles. The third kappa shape index (κ3) is 1.99. The van der Waals surface area contributed by atoms with Crippen molar-refractivity contribution < 1.29 is 14.3 Å². The molecule has 0 spiro atoms. The SMILES string of the molecule is CC1(C)OC(=O)C(=O)N2C1CC[C@H]2c1ccc(Cl)cc1. The predicted molar refractivity (Wildman–Crippen MR) is 74.2 cm³/mol. The average molecular weight is 294 g/mol. The van der Waals surface area contributed by atoms with Crippen LogP contribution in [0.4, 0.5) is 0 Å². The number of hydrogen-bond acceptors (Lipinski definition) is 3. The summed E-state index contributed by atoms with van der Waals surface area (Å²) in [7, 11) is 0. The molecule has 1 aromatic rings. The van der Waals surface area contributed by atoms with Crippen LogP contribution in [0.15, 0.2) is 24.3 Å². The Bertz CT molecular complexity index is 567. The highest BCUT2D eigenvalue weighted by Crippen LogP contribution is 2.43. The van der Waals surface area contributed by atoms with Crippen molar-refractivity contribution in [2.24, 2.45) is 0 Å². The van der Waals surface area contributed by atoms with E-state index in [1.165, 1.54) is 0 Å². The molecule has 0 bridgehead atoms. The van der Waals surface area contributed by atoms with Crippen molar-refractivity contribution in [1.82, 2.24) is 4.90 Å². The van der Waals surface area contributed by atoms with Gasteiger partial charge < -0.3 is 9.64 Å². The number of esters is 1. The second kappa shape index (κ2) is 4.48. The number of amides is 1. The van der Waals surface area contributed by atoms with Crippen LogP contribution < -0.4 is 0 Å². The van der Waals surface area contributed by atoms with Crippen LogP contribution in [-0.4, -0.2) is 28.4 Å². The van der Waals surface area contributed by atoms with E-state index in [-0.39, 0.29) is 12.1 Å². The first-order valence-corrected chi connectivity index (χ1v) is 7.09. The van der Waals surface area contributed by atoms with Gasteiger partial charge in [-0.25, -0.2) is 4.79 Å². The van der Waals surface area contributed by atoms with Crippen LogP contribution in [0.25, 0.3) is 0 Å². The maximum atomic E-state index is 12.2. The van der Waals surface area contributed by atoms with Gasteiger partial charge in [0.05, 0.1) is 12.1 Å².